The van der Waals surface area contributed by atoms with Crippen molar-refractivity contribution < 1.29 is 9.59 Å². The van der Waals surface area contributed by atoms with E-state index in [-0.39, 0.29) is 17.9 Å². The first-order chi connectivity index (χ1) is 10.4. The van der Waals surface area contributed by atoms with E-state index < -0.39 is 5.41 Å². The summed E-state index contributed by atoms with van der Waals surface area (Å²) in [5.41, 5.74) is 6.23. The van der Waals surface area contributed by atoms with E-state index in [9.17, 15) is 9.59 Å². The third-order valence-electron chi connectivity index (χ3n) is 4.19. The molecule has 0 saturated carbocycles. The summed E-state index contributed by atoms with van der Waals surface area (Å²) in [4.78, 5) is 26.8. The van der Waals surface area contributed by atoms with E-state index in [1.54, 1.807) is 6.07 Å². The van der Waals surface area contributed by atoms with Gasteiger partial charge in [0.25, 0.3) is 5.91 Å². The maximum Gasteiger partial charge on any atom is 0.260 e. The number of nitrogens with one attached hydrogen (secondary N) is 1. The van der Waals surface area contributed by atoms with Crippen LogP contribution in [0.4, 0.5) is 0 Å². The summed E-state index contributed by atoms with van der Waals surface area (Å²) in [6, 6.07) is 7.41. The highest BCUT2D eigenvalue weighted by molar-refractivity contribution is 6.12. The fourth-order valence-electron chi connectivity index (χ4n) is 2.86. The van der Waals surface area contributed by atoms with Crippen LogP contribution in [0, 0.1) is 0 Å². The van der Waals surface area contributed by atoms with Crippen LogP contribution in [0.3, 0.4) is 0 Å². The Morgan fingerprint density at radius 2 is 1.95 bits per heavy atom. The van der Waals surface area contributed by atoms with Gasteiger partial charge in [-0.2, -0.15) is 0 Å². The molecule has 0 radical (unpaired) electrons. The molecule has 22 heavy (non-hydrogen) atoms. The quantitative estimate of drug-likeness (QED) is 0.613. The second-order valence-corrected chi connectivity index (χ2v) is 6.39. The topological polar surface area (TPSA) is 75.4 Å². The predicted octanol–water partition coefficient (Wildman–Crippen LogP) is 1.27. The lowest BCUT2D eigenvalue weighted by Gasteiger charge is -2.38. The number of nitrogens with two attached hydrogens (primary N) is 1. The van der Waals surface area contributed by atoms with Gasteiger partial charge in [-0.25, -0.2) is 0 Å². The monoisotopic (exact) mass is 303 g/mol. The van der Waals surface area contributed by atoms with E-state index in [1.807, 2.05) is 39.0 Å². The molecule has 0 aromatic heterocycles. The fourth-order valence-corrected chi connectivity index (χ4v) is 2.86. The lowest BCUT2D eigenvalue weighted by atomic mass is 9.77. The third-order valence-corrected chi connectivity index (χ3v) is 4.19. The molecule has 1 unspecified atom stereocenters. The van der Waals surface area contributed by atoms with E-state index in [1.165, 1.54) is 4.90 Å². The van der Waals surface area contributed by atoms with Gasteiger partial charge in [-0.1, -0.05) is 18.2 Å². The van der Waals surface area contributed by atoms with Crippen LogP contribution < -0.4 is 11.1 Å². The number of rotatable bonds is 6. The van der Waals surface area contributed by atoms with Gasteiger partial charge in [0, 0.05) is 18.2 Å². The van der Waals surface area contributed by atoms with Crippen molar-refractivity contribution in [2.75, 3.05) is 19.6 Å². The first kappa shape index (κ1) is 16.6. The minimum atomic E-state index is -0.679. The Labute approximate surface area is 131 Å². The Bertz CT molecular complexity index is 569. The zero-order valence-electron chi connectivity index (χ0n) is 13.6. The van der Waals surface area contributed by atoms with Gasteiger partial charge in [-0.05, 0) is 51.9 Å². The molecular formula is C17H25N3O2. The van der Waals surface area contributed by atoms with Crippen molar-refractivity contribution in [2.24, 2.45) is 5.73 Å². The standard InChI is InChI=1S/C17H25N3O2/c1-12(19-10-6-9-18)11-20-15(21)13-7-4-5-8-14(13)17(2,3)16(20)22/h4-5,7-8,12,19H,6,9-11,18H2,1-3H3. The zero-order chi connectivity index (χ0) is 16.3. The van der Waals surface area contributed by atoms with E-state index in [0.717, 1.165) is 18.5 Å². The minimum absolute atomic E-state index is 0.0421. The summed E-state index contributed by atoms with van der Waals surface area (Å²) >= 11 is 0. The van der Waals surface area contributed by atoms with Crippen LogP contribution in [0.5, 0.6) is 0 Å². The second kappa shape index (κ2) is 6.58. The highest BCUT2D eigenvalue weighted by Crippen LogP contribution is 2.34. The van der Waals surface area contributed by atoms with Gasteiger partial charge < -0.3 is 11.1 Å². The normalized spacial score (nSPS) is 18.3. The van der Waals surface area contributed by atoms with Crippen molar-refractivity contribution in [3.63, 3.8) is 0 Å². The molecular weight excluding hydrogens is 278 g/mol. The van der Waals surface area contributed by atoms with Crippen molar-refractivity contribution in [1.29, 1.82) is 0 Å². The number of hydrogen-bond acceptors (Lipinski definition) is 4. The molecule has 0 fully saturated rings. The van der Waals surface area contributed by atoms with Gasteiger partial charge in [-0.3, -0.25) is 14.5 Å². The van der Waals surface area contributed by atoms with Gasteiger partial charge >= 0.3 is 0 Å². The highest BCUT2D eigenvalue weighted by Gasteiger charge is 2.44. The summed E-state index contributed by atoms with van der Waals surface area (Å²) in [7, 11) is 0. The average molecular weight is 303 g/mol. The molecule has 5 nitrogen and oxygen atoms in total. The molecule has 1 aromatic rings. The molecule has 1 atom stereocenters. The van der Waals surface area contributed by atoms with Crippen LogP contribution in [0.25, 0.3) is 0 Å². The molecule has 0 aliphatic carbocycles. The molecule has 1 aliphatic heterocycles. The molecule has 1 aromatic carbocycles. The number of benzene rings is 1. The smallest absolute Gasteiger partial charge is 0.260 e. The maximum absolute atomic E-state index is 12.7. The predicted molar refractivity (Wildman–Crippen MR) is 86.6 cm³/mol. The summed E-state index contributed by atoms with van der Waals surface area (Å²) in [5, 5.41) is 3.30. The minimum Gasteiger partial charge on any atom is -0.330 e. The SMILES string of the molecule is CC(CN1C(=O)c2ccccc2C(C)(C)C1=O)NCCCN. The molecule has 5 heteroatoms. The Kier molecular flexibility index (Phi) is 4.98. The molecule has 1 heterocycles. The van der Waals surface area contributed by atoms with Crippen LogP contribution >= 0.6 is 0 Å². The summed E-state index contributed by atoms with van der Waals surface area (Å²) in [6.45, 7) is 7.51. The molecule has 120 valence electrons. The number of hydrogen-bond donors (Lipinski definition) is 2. The summed E-state index contributed by atoms with van der Waals surface area (Å²) < 4.78 is 0. The lowest BCUT2D eigenvalue weighted by molar-refractivity contribution is -0.134. The number of carbonyl (C=O) groups excluding carboxylic acids is 2. The van der Waals surface area contributed by atoms with Gasteiger partial charge in [0.2, 0.25) is 5.91 Å². The van der Waals surface area contributed by atoms with Crippen LogP contribution in [0.15, 0.2) is 24.3 Å². The highest BCUT2D eigenvalue weighted by atomic mass is 16.2. The number of amides is 2. The van der Waals surface area contributed by atoms with Crippen LogP contribution in [0.2, 0.25) is 0 Å². The molecule has 0 bridgehead atoms. The first-order valence-electron chi connectivity index (χ1n) is 7.79. The van der Waals surface area contributed by atoms with Gasteiger partial charge in [0.15, 0.2) is 0 Å². The van der Waals surface area contributed by atoms with Gasteiger partial charge in [0.05, 0.1) is 5.41 Å². The number of fused-ring (bicyclic) bond motifs is 1. The van der Waals surface area contributed by atoms with Crippen molar-refractivity contribution in [3.8, 4) is 0 Å². The third kappa shape index (κ3) is 3.05. The average Bonchev–Trinajstić information content (AvgIpc) is 2.50. The van der Waals surface area contributed by atoms with Gasteiger partial charge in [-0.15, -0.1) is 0 Å². The molecule has 1 aliphatic rings. The number of nitrogens with zero attached hydrogens (tertiary/aromatic N) is 1. The maximum atomic E-state index is 12.7. The second-order valence-electron chi connectivity index (χ2n) is 6.39. The Hall–Kier alpha value is -1.72. The largest absolute Gasteiger partial charge is 0.330 e. The summed E-state index contributed by atoms with van der Waals surface area (Å²) in [5.74, 6) is -0.337. The van der Waals surface area contributed by atoms with Crippen molar-refractivity contribution in [2.45, 2.75) is 38.6 Å². The van der Waals surface area contributed by atoms with E-state index in [2.05, 4.69) is 5.32 Å². The molecule has 0 spiro atoms. The van der Waals surface area contributed by atoms with Crippen LogP contribution in [0.1, 0.15) is 43.1 Å². The lowest BCUT2D eigenvalue weighted by Crippen LogP contribution is -2.55. The van der Waals surface area contributed by atoms with E-state index >= 15 is 0 Å². The number of carbonyl (C=O) groups is 2. The fraction of sp³-hybridized carbons (Fsp3) is 0.529. The zero-order valence-corrected chi connectivity index (χ0v) is 13.6. The molecule has 2 amide bonds. The Balaban J connectivity index is 2.20. The van der Waals surface area contributed by atoms with E-state index in [0.29, 0.717) is 18.7 Å². The molecule has 2 rings (SSSR count). The Morgan fingerprint density at radius 1 is 1.27 bits per heavy atom. The first-order valence-corrected chi connectivity index (χ1v) is 7.79. The molecule has 3 N–H and O–H groups in total. The van der Waals surface area contributed by atoms with Crippen molar-refractivity contribution in [3.05, 3.63) is 35.4 Å². The number of imide groups is 1. The Morgan fingerprint density at radius 3 is 2.64 bits per heavy atom. The summed E-state index contributed by atoms with van der Waals surface area (Å²) in [6.07, 6.45) is 0.876. The van der Waals surface area contributed by atoms with Gasteiger partial charge in [0.1, 0.15) is 0 Å². The van der Waals surface area contributed by atoms with Crippen LogP contribution in [-0.2, 0) is 10.2 Å². The van der Waals surface area contributed by atoms with Crippen molar-refractivity contribution >= 4 is 11.8 Å². The van der Waals surface area contributed by atoms with E-state index in [4.69, 9.17) is 5.73 Å². The van der Waals surface area contributed by atoms with Crippen molar-refractivity contribution in [1.82, 2.24) is 10.2 Å². The molecule has 0 saturated heterocycles. The van der Waals surface area contributed by atoms with Crippen LogP contribution in [-0.4, -0.2) is 42.4 Å².